The van der Waals surface area contributed by atoms with Gasteiger partial charge in [0.2, 0.25) is 0 Å². The third kappa shape index (κ3) is 2.27. The first-order chi connectivity index (χ1) is 8.49. The lowest BCUT2D eigenvalue weighted by Gasteiger charge is -2.13. The second kappa shape index (κ2) is 4.64. The van der Waals surface area contributed by atoms with Gasteiger partial charge in [-0.15, -0.1) is 0 Å². The van der Waals surface area contributed by atoms with E-state index in [1.165, 1.54) is 0 Å². The first-order valence-electron chi connectivity index (χ1n) is 5.83. The molecule has 0 saturated carbocycles. The number of nitrogens with zero attached hydrogens (tertiary/aromatic N) is 3. The molecule has 0 radical (unpaired) electrons. The molecule has 18 heavy (non-hydrogen) atoms. The molecule has 0 aliphatic rings. The molecular weight excluding hydrogens is 226 g/mol. The van der Waals surface area contributed by atoms with E-state index in [2.05, 4.69) is 5.10 Å². The average molecular weight is 243 g/mol. The molecule has 0 fully saturated rings. The van der Waals surface area contributed by atoms with Gasteiger partial charge in [0.05, 0.1) is 11.9 Å². The van der Waals surface area contributed by atoms with Gasteiger partial charge in [-0.3, -0.25) is 4.79 Å². The van der Waals surface area contributed by atoms with Crippen molar-refractivity contribution in [1.29, 1.82) is 0 Å². The van der Waals surface area contributed by atoms with Crippen LogP contribution in [-0.2, 0) is 0 Å². The smallest absolute Gasteiger partial charge is 0.253 e. The van der Waals surface area contributed by atoms with E-state index in [0.29, 0.717) is 0 Å². The summed E-state index contributed by atoms with van der Waals surface area (Å²) in [7, 11) is 3.51. The fourth-order valence-electron chi connectivity index (χ4n) is 1.83. The Labute approximate surface area is 107 Å². The van der Waals surface area contributed by atoms with Gasteiger partial charge in [-0.1, -0.05) is 0 Å². The Morgan fingerprint density at radius 1 is 1.28 bits per heavy atom. The summed E-state index contributed by atoms with van der Waals surface area (Å²) >= 11 is 0. The zero-order valence-electron chi connectivity index (χ0n) is 11.1. The van der Waals surface area contributed by atoms with Crippen molar-refractivity contribution in [3.63, 3.8) is 0 Å². The van der Waals surface area contributed by atoms with Crippen molar-refractivity contribution >= 4 is 5.91 Å². The second-order valence-corrected chi connectivity index (χ2v) is 4.66. The number of carbonyl (C=O) groups excluding carboxylic acids is 1. The first kappa shape index (κ1) is 12.4. The van der Waals surface area contributed by atoms with Gasteiger partial charge in [-0.2, -0.15) is 5.10 Å². The molecule has 1 heterocycles. The maximum atomic E-state index is 11.9. The van der Waals surface area contributed by atoms with Crippen molar-refractivity contribution in [1.82, 2.24) is 14.7 Å². The number of rotatable bonds is 2. The Morgan fingerprint density at radius 3 is 2.50 bits per heavy atom. The summed E-state index contributed by atoms with van der Waals surface area (Å²) in [6.45, 7) is 3.94. The van der Waals surface area contributed by atoms with Gasteiger partial charge >= 0.3 is 0 Å². The normalized spacial score (nSPS) is 10.4. The number of benzene rings is 1. The van der Waals surface area contributed by atoms with Crippen molar-refractivity contribution in [2.45, 2.75) is 13.8 Å². The Hall–Kier alpha value is -2.10. The molecule has 0 saturated heterocycles. The van der Waals surface area contributed by atoms with Gasteiger partial charge < -0.3 is 4.90 Å². The Kier molecular flexibility index (Phi) is 3.19. The van der Waals surface area contributed by atoms with Crippen LogP contribution < -0.4 is 0 Å². The first-order valence-corrected chi connectivity index (χ1v) is 5.83. The summed E-state index contributed by atoms with van der Waals surface area (Å²) in [4.78, 5) is 13.5. The molecule has 0 N–H and O–H groups in total. The summed E-state index contributed by atoms with van der Waals surface area (Å²) in [5, 5.41) is 4.26. The summed E-state index contributed by atoms with van der Waals surface area (Å²) in [5.74, 6) is 0.0238. The van der Waals surface area contributed by atoms with E-state index < -0.39 is 0 Å². The predicted molar refractivity (Wildman–Crippen MR) is 71.1 cm³/mol. The molecule has 94 valence electrons. The number of amides is 1. The molecule has 0 bridgehead atoms. The predicted octanol–water partition coefficient (Wildman–Crippen LogP) is 2.19. The zero-order valence-corrected chi connectivity index (χ0v) is 11.1. The van der Waals surface area contributed by atoms with Gasteiger partial charge in [-0.05, 0) is 43.2 Å². The Morgan fingerprint density at radius 2 is 2.00 bits per heavy atom. The molecular formula is C14H17N3O. The van der Waals surface area contributed by atoms with Crippen molar-refractivity contribution < 1.29 is 4.79 Å². The van der Waals surface area contributed by atoms with Crippen LogP contribution in [0.15, 0.2) is 30.6 Å². The van der Waals surface area contributed by atoms with Crippen LogP contribution in [0.2, 0.25) is 0 Å². The average Bonchev–Trinajstić information content (AvgIpc) is 2.74. The van der Waals surface area contributed by atoms with E-state index in [9.17, 15) is 4.79 Å². The van der Waals surface area contributed by atoms with Crippen LogP contribution in [0.1, 0.15) is 21.5 Å². The number of hydrogen-bond acceptors (Lipinski definition) is 2. The standard InChI is InChI=1S/C14H17N3O/c1-10-8-15-17(9-10)12-5-6-13(11(2)7-12)14(18)16(3)4/h5-9H,1-4H3. The number of aryl methyl sites for hydroxylation is 2. The van der Waals surface area contributed by atoms with E-state index in [4.69, 9.17) is 0 Å². The minimum Gasteiger partial charge on any atom is -0.345 e. The summed E-state index contributed by atoms with van der Waals surface area (Å²) in [6.07, 6.45) is 3.77. The zero-order chi connectivity index (χ0) is 13.3. The van der Waals surface area contributed by atoms with Crippen molar-refractivity contribution in [3.05, 3.63) is 47.3 Å². The quantitative estimate of drug-likeness (QED) is 0.811. The molecule has 0 aliphatic heterocycles. The van der Waals surface area contributed by atoms with Crippen LogP contribution in [0.25, 0.3) is 5.69 Å². The highest BCUT2D eigenvalue weighted by molar-refractivity contribution is 5.95. The van der Waals surface area contributed by atoms with Crippen molar-refractivity contribution in [3.8, 4) is 5.69 Å². The Bertz CT molecular complexity index is 584. The molecule has 4 heteroatoms. The lowest BCUT2D eigenvalue weighted by atomic mass is 10.1. The lowest BCUT2D eigenvalue weighted by molar-refractivity contribution is 0.0827. The van der Waals surface area contributed by atoms with Gasteiger partial charge in [0, 0.05) is 25.9 Å². The van der Waals surface area contributed by atoms with Crippen molar-refractivity contribution in [2.24, 2.45) is 0 Å². The second-order valence-electron chi connectivity index (χ2n) is 4.66. The fraction of sp³-hybridized carbons (Fsp3) is 0.286. The van der Waals surface area contributed by atoms with E-state index in [-0.39, 0.29) is 5.91 Å². The van der Waals surface area contributed by atoms with Gasteiger partial charge in [-0.25, -0.2) is 4.68 Å². The maximum absolute atomic E-state index is 11.9. The van der Waals surface area contributed by atoms with Crippen LogP contribution in [0, 0.1) is 13.8 Å². The molecule has 0 unspecified atom stereocenters. The molecule has 2 aromatic rings. The number of carbonyl (C=O) groups is 1. The highest BCUT2D eigenvalue weighted by Crippen LogP contribution is 2.16. The van der Waals surface area contributed by atoms with Gasteiger partial charge in [0.25, 0.3) is 5.91 Å². The summed E-state index contributed by atoms with van der Waals surface area (Å²) in [5.41, 5.74) is 3.77. The molecule has 4 nitrogen and oxygen atoms in total. The minimum atomic E-state index is 0.0238. The summed E-state index contributed by atoms with van der Waals surface area (Å²) in [6, 6.07) is 5.74. The summed E-state index contributed by atoms with van der Waals surface area (Å²) < 4.78 is 1.81. The molecule has 0 atom stereocenters. The molecule has 1 aromatic carbocycles. The molecule has 0 spiro atoms. The van der Waals surface area contributed by atoms with E-state index in [0.717, 1.165) is 22.4 Å². The van der Waals surface area contributed by atoms with E-state index in [1.807, 2.05) is 49.1 Å². The lowest BCUT2D eigenvalue weighted by Crippen LogP contribution is -2.22. The highest BCUT2D eigenvalue weighted by atomic mass is 16.2. The van der Waals surface area contributed by atoms with Crippen LogP contribution >= 0.6 is 0 Å². The fourth-order valence-corrected chi connectivity index (χ4v) is 1.83. The van der Waals surface area contributed by atoms with E-state index >= 15 is 0 Å². The van der Waals surface area contributed by atoms with Crippen LogP contribution in [0.5, 0.6) is 0 Å². The number of aromatic nitrogens is 2. The van der Waals surface area contributed by atoms with Crippen molar-refractivity contribution in [2.75, 3.05) is 14.1 Å². The van der Waals surface area contributed by atoms with Gasteiger partial charge in [0.15, 0.2) is 0 Å². The Balaban J connectivity index is 2.39. The largest absolute Gasteiger partial charge is 0.345 e. The van der Waals surface area contributed by atoms with Crippen LogP contribution in [0.4, 0.5) is 0 Å². The van der Waals surface area contributed by atoms with E-state index in [1.54, 1.807) is 19.0 Å². The molecule has 0 aliphatic carbocycles. The topological polar surface area (TPSA) is 38.1 Å². The molecule has 1 amide bonds. The minimum absolute atomic E-state index is 0.0238. The third-order valence-corrected chi connectivity index (χ3v) is 2.82. The highest BCUT2D eigenvalue weighted by Gasteiger charge is 2.11. The SMILES string of the molecule is Cc1cnn(-c2ccc(C(=O)N(C)C)c(C)c2)c1. The van der Waals surface area contributed by atoms with Crippen LogP contribution in [-0.4, -0.2) is 34.7 Å². The molecule has 1 aromatic heterocycles. The molecule has 2 rings (SSSR count). The monoisotopic (exact) mass is 243 g/mol. The number of hydrogen-bond donors (Lipinski definition) is 0. The maximum Gasteiger partial charge on any atom is 0.253 e. The third-order valence-electron chi connectivity index (χ3n) is 2.82. The van der Waals surface area contributed by atoms with Gasteiger partial charge in [0.1, 0.15) is 0 Å². The van der Waals surface area contributed by atoms with Crippen LogP contribution in [0.3, 0.4) is 0 Å².